The second kappa shape index (κ2) is 71.3. The predicted octanol–water partition coefficient (Wildman–Crippen LogP) is 26.2. The van der Waals surface area contributed by atoms with Crippen molar-refractivity contribution in [3.8, 4) is 46.9 Å². The first-order chi connectivity index (χ1) is 52.6. The zero-order chi connectivity index (χ0) is 79.1. The van der Waals surface area contributed by atoms with Crippen LogP contribution < -0.4 is 18.9 Å². The molecule has 2 heterocycles. The van der Waals surface area contributed by atoms with E-state index in [9.17, 15) is 25.9 Å². The molecule has 4 aromatic rings. The van der Waals surface area contributed by atoms with Crippen LogP contribution in [0.1, 0.15) is 401 Å². The molecule has 2 aromatic heterocycles. The number of pyridine rings is 2. The molecule has 0 spiro atoms. The molecule has 0 N–H and O–H groups in total. The minimum atomic E-state index is -4.42. The number of unbranched alkanes of at least 4 members (excludes halogenated alkanes) is 48. The van der Waals surface area contributed by atoms with E-state index in [0.717, 1.165) is 24.5 Å². The van der Waals surface area contributed by atoms with E-state index in [4.69, 9.17) is 12.8 Å². The fraction of sp³-hybridized carbons (Fsp3) is 0.723. The molecule has 0 bridgehead atoms. The minimum Gasteiger partial charge on any atom is -0.726 e. The fourth-order valence-electron chi connectivity index (χ4n) is 14.3. The number of aryl methyl sites for hydroxylation is 2. The highest BCUT2D eigenvalue weighted by molar-refractivity contribution is 7.81. The number of aromatic nitrogens is 2. The Morgan fingerprint density at radius 2 is 0.491 bits per heavy atom. The number of anilines is 2. The van der Waals surface area contributed by atoms with Crippen LogP contribution in [-0.2, 0) is 42.3 Å². The van der Waals surface area contributed by atoms with E-state index in [-0.39, 0.29) is 13.2 Å². The van der Waals surface area contributed by atoms with Gasteiger partial charge in [-0.1, -0.05) is 360 Å². The third kappa shape index (κ3) is 57.3. The van der Waals surface area contributed by atoms with E-state index in [1.165, 1.54) is 408 Å². The highest BCUT2D eigenvalue weighted by Gasteiger charge is 2.14. The molecule has 108 heavy (non-hydrogen) atoms. The lowest BCUT2D eigenvalue weighted by atomic mass is 10.0. The fourth-order valence-corrected chi connectivity index (χ4v) is 14.8. The summed E-state index contributed by atoms with van der Waals surface area (Å²) in [6.45, 7) is 22.7. The number of rotatable bonds is 66. The van der Waals surface area contributed by atoms with E-state index in [1.807, 2.05) is 0 Å². The van der Waals surface area contributed by atoms with Crippen LogP contribution in [0, 0.1) is 24.7 Å². The van der Waals surface area contributed by atoms with Gasteiger partial charge in [-0.3, -0.25) is 8.37 Å². The van der Waals surface area contributed by atoms with E-state index in [0.29, 0.717) is 0 Å². The lowest BCUT2D eigenvalue weighted by Crippen LogP contribution is -2.35. The van der Waals surface area contributed by atoms with Gasteiger partial charge in [-0.15, -0.1) is 12.8 Å². The van der Waals surface area contributed by atoms with Crippen LogP contribution in [0.25, 0.3) is 22.3 Å². The normalized spacial score (nSPS) is 11.3. The molecule has 0 amide bonds. The second-order valence-electron chi connectivity index (χ2n) is 30.1. The molecule has 616 valence electrons. The zero-order valence-corrected chi connectivity index (χ0v) is 72.2. The van der Waals surface area contributed by atoms with Crippen molar-refractivity contribution >= 4 is 32.2 Å². The summed E-state index contributed by atoms with van der Waals surface area (Å²) in [5, 5.41) is 0. The van der Waals surface area contributed by atoms with Gasteiger partial charge in [0, 0.05) is 61.8 Å². The van der Waals surface area contributed by atoms with Crippen LogP contribution in [0.15, 0.2) is 85.2 Å². The molecular weight excluding hydrogens is 1380 g/mol. The number of hydrogen-bond donors (Lipinski definition) is 0. The first kappa shape index (κ1) is 101. The summed E-state index contributed by atoms with van der Waals surface area (Å²) in [4.78, 5) is 5.34. The third-order valence-corrected chi connectivity index (χ3v) is 21.9. The van der Waals surface area contributed by atoms with Gasteiger partial charge in [-0.2, -0.15) is 9.13 Å². The van der Waals surface area contributed by atoms with Crippen molar-refractivity contribution in [3.63, 3.8) is 0 Å². The average molecular weight is 1540 g/mol. The maximum absolute atomic E-state index is 9.45. The van der Waals surface area contributed by atoms with Gasteiger partial charge in [-0.25, -0.2) is 16.8 Å². The van der Waals surface area contributed by atoms with Crippen molar-refractivity contribution in [2.24, 2.45) is 0 Å². The van der Waals surface area contributed by atoms with Crippen LogP contribution in [0.5, 0.6) is 0 Å². The smallest absolute Gasteiger partial charge is 0.257 e. The van der Waals surface area contributed by atoms with Gasteiger partial charge in [0.05, 0.1) is 13.2 Å². The lowest BCUT2D eigenvalue weighted by Gasteiger charge is -2.25. The van der Waals surface area contributed by atoms with Crippen LogP contribution in [0.4, 0.5) is 11.4 Å². The Labute approximate surface area is 666 Å². The van der Waals surface area contributed by atoms with Crippen molar-refractivity contribution in [1.29, 1.82) is 0 Å². The van der Waals surface area contributed by atoms with E-state index < -0.39 is 20.8 Å². The quantitative estimate of drug-likeness (QED) is 0.0138. The summed E-state index contributed by atoms with van der Waals surface area (Å²) in [5.74, 6) is 5.72. The van der Waals surface area contributed by atoms with Gasteiger partial charge in [0.15, 0.2) is 12.4 Å². The van der Waals surface area contributed by atoms with Gasteiger partial charge < -0.3 is 18.9 Å². The SMILES string of the molecule is C#Cc1cc(-c2ccc(N(CCCCCCCCCCCCCC)CCCCCCCCCCCCCC)cc2)cc[n+]1CC.C#Cc1cc(-c2ccc(N(CCCCCCCCCCCCCCCC)CCCCCCCCCCCCCCCC)cc2)cc[n+]1CC.CCOS(=O)(=O)[O-].CCOS(=O)(=O)[O-]. The second-order valence-corrected chi connectivity index (χ2v) is 32.2. The van der Waals surface area contributed by atoms with E-state index in [1.54, 1.807) is 0 Å². The van der Waals surface area contributed by atoms with Crippen molar-refractivity contribution in [1.82, 2.24) is 0 Å². The average Bonchev–Trinajstić information content (AvgIpc) is 0.834. The summed E-state index contributed by atoms with van der Waals surface area (Å²) in [6, 6.07) is 27.2. The molecule has 12 nitrogen and oxygen atoms in total. The van der Waals surface area contributed by atoms with Crippen LogP contribution in [0.2, 0.25) is 0 Å². The van der Waals surface area contributed by atoms with Gasteiger partial charge in [0.25, 0.3) is 11.4 Å². The molecule has 0 aliphatic heterocycles. The van der Waals surface area contributed by atoms with Crippen molar-refractivity contribution in [2.45, 2.75) is 402 Å². The van der Waals surface area contributed by atoms with Crippen LogP contribution in [-0.4, -0.2) is 65.3 Å². The molecule has 2 aromatic carbocycles. The highest BCUT2D eigenvalue weighted by atomic mass is 32.3. The minimum absolute atomic E-state index is 0.0914. The Bertz CT molecular complexity index is 2920. The topological polar surface area (TPSA) is 147 Å². The first-order valence-electron chi connectivity index (χ1n) is 44.5. The van der Waals surface area contributed by atoms with E-state index >= 15 is 0 Å². The van der Waals surface area contributed by atoms with Gasteiger partial charge in [0.2, 0.25) is 20.8 Å². The van der Waals surface area contributed by atoms with Crippen LogP contribution in [0.3, 0.4) is 0 Å². The summed E-state index contributed by atoms with van der Waals surface area (Å²) in [6.07, 6.45) is 89.2. The number of benzene rings is 2. The van der Waals surface area contributed by atoms with Gasteiger partial charge in [-0.05, 0) is 112 Å². The highest BCUT2D eigenvalue weighted by Crippen LogP contribution is 2.28. The molecule has 0 fully saturated rings. The molecule has 0 radical (unpaired) electrons. The van der Waals surface area contributed by atoms with Crippen molar-refractivity contribution in [3.05, 3.63) is 96.6 Å². The Morgan fingerprint density at radius 3 is 0.648 bits per heavy atom. The summed E-state index contributed by atoms with van der Waals surface area (Å²) < 4.78 is 68.3. The molecule has 0 aliphatic carbocycles. The predicted molar refractivity (Wildman–Crippen MR) is 461 cm³/mol. The molecular formula is C94H160N4O8S2. The molecule has 4 rings (SSSR count). The monoisotopic (exact) mass is 1540 g/mol. The van der Waals surface area contributed by atoms with Crippen molar-refractivity contribution < 1.29 is 43.4 Å². The Kier molecular flexibility index (Phi) is 66.8. The largest absolute Gasteiger partial charge is 0.726 e. The lowest BCUT2D eigenvalue weighted by molar-refractivity contribution is -0.695. The molecule has 14 heteroatoms. The Balaban J connectivity index is 0.000000916. The maximum Gasteiger partial charge on any atom is 0.257 e. The third-order valence-electron chi connectivity index (χ3n) is 20.8. The van der Waals surface area contributed by atoms with Gasteiger partial charge >= 0.3 is 0 Å². The first-order valence-corrected chi connectivity index (χ1v) is 47.2. The Hall–Kier alpha value is -4.80. The molecule has 0 saturated heterocycles. The standard InChI is InChI=1S/C47H79N2.C43H71N2.2C2H6O4S/c1-5-9-11-13-15-17-19-21-23-25-27-29-31-33-40-49(41-34-32-30-28-26-24-22-20-18-16-14-12-10-6-2)47-37-35-44(36-38-47)45-39-42-48(8-4)46(7-3)43-45;1-5-9-11-13-15-17-19-21-23-25-27-29-36-45(37-30-28-26-24-22-20-18-16-14-12-10-6-2)43-33-31-40(32-34-43)41-35-38-44(8-4)42(7-3)39-41;2*1-2-6-7(3,4)5/h3,35-39,42-43H,5-6,8-34,40-41H2,1-2,4H3;3,31-35,38-39H,5-6,8-30,36-37H2,1-2,4H3;2*2H2,1H3,(H,3,4,5)/q2*+1;;/p-2. The maximum atomic E-state index is 9.45. The van der Waals surface area contributed by atoms with Gasteiger partial charge in [0.1, 0.15) is 13.1 Å². The molecule has 0 atom stereocenters. The molecule has 0 unspecified atom stereocenters. The number of terminal acetylenes is 2. The molecule has 0 saturated carbocycles. The van der Waals surface area contributed by atoms with E-state index in [2.05, 4.69) is 166 Å². The van der Waals surface area contributed by atoms with Crippen LogP contribution >= 0.6 is 0 Å². The Morgan fingerprint density at radius 1 is 0.296 bits per heavy atom. The molecule has 0 aliphatic rings. The zero-order valence-electron chi connectivity index (χ0n) is 70.5. The number of nitrogens with zero attached hydrogens (tertiary/aromatic N) is 4. The van der Waals surface area contributed by atoms with Crippen molar-refractivity contribution in [2.75, 3.05) is 49.2 Å². The summed E-state index contributed by atoms with van der Waals surface area (Å²) in [7, 11) is -8.85. The summed E-state index contributed by atoms with van der Waals surface area (Å²) in [5.41, 5.74) is 9.54. The number of hydrogen-bond acceptors (Lipinski definition) is 10. The summed E-state index contributed by atoms with van der Waals surface area (Å²) >= 11 is 0.